The number of hydrogen-bond donors (Lipinski definition) is 0. The minimum atomic E-state index is -1.89. The summed E-state index contributed by atoms with van der Waals surface area (Å²) in [5, 5.41) is 0. The first-order chi connectivity index (χ1) is 5.11. The summed E-state index contributed by atoms with van der Waals surface area (Å²) in [6.45, 7) is 0. The summed E-state index contributed by atoms with van der Waals surface area (Å²) in [7, 11) is 0. The summed E-state index contributed by atoms with van der Waals surface area (Å²) in [6.07, 6.45) is 0.447. The lowest BCUT2D eigenvalue weighted by molar-refractivity contribution is 0.0829. The Labute approximate surface area is 59.7 Å². The van der Waals surface area contributed by atoms with Crippen LogP contribution in [0.4, 0.5) is 13.2 Å². The van der Waals surface area contributed by atoms with Crippen LogP contribution in [0.15, 0.2) is 12.3 Å². The molecule has 0 atom stereocenters. The fraction of sp³-hybridized carbons (Fsp3) is 0. The van der Waals surface area contributed by atoms with Crippen LogP contribution in [0.1, 0.15) is 10.5 Å². The number of hydrogen-bond acceptors (Lipinski definition) is 2. The molecule has 0 bridgehead atoms. The van der Waals surface area contributed by atoms with Crippen LogP contribution >= 0.6 is 0 Å². The highest BCUT2D eigenvalue weighted by Crippen LogP contribution is 2.05. The standard InChI is InChI=1S/C6H2F3NO/c7-3-1-5(6(9)11)10-2-4(3)8/h1-2H. The molecule has 58 valence electrons. The van der Waals surface area contributed by atoms with E-state index < -0.39 is 23.4 Å². The zero-order chi connectivity index (χ0) is 8.43. The van der Waals surface area contributed by atoms with Gasteiger partial charge in [0.25, 0.3) is 0 Å². The lowest BCUT2D eigenvalue weighted by Gasteiger charge is -1.92. The van der Waals surface area contributed by atoms with E-state index in [0.717, 1.165) is 0 Å². The van der Waals surface area contributed by atoms with Gasteiger partial charge in [0, 0.05) is 6.07 Å². The van der Waals surface area contributed by atoms with Gasteiger partial charge in [-0.3, -0.25) is 4.79 Å². The fourth-order valence-electron chi connectivity index (χ4n) is 0.522. The SMILES string of the molecule is O=C(F)c1cc(F)c(F)cn1. The molecule has 5 heteroatoms. The van der Waals surface area contributed by atoms with E-state index in [4.69, 9.17) is 0 Å². The van der Waals surface area contributed by atoms with Crippen LogP contribution in [0.25, 0.3) is 0 Å². The van der Waals surface area contributed by atoms with Gasteiger partial charge in [-0.1, -0.05) is 0 Å². The third-order valence-electron chi connectivity index (χ3n) is 1.01. The Morgan fingerprint density at radius 2 is 2.00 bits per heavy atom. The van der Waals surface area contributed by atoms with Gasteiger partial charge in [0.2, 0.25) is 0 Å². The minimum absolute atomic E-state index is 0.400. The molecule has 0 aromatic carbocycles. The van der Waals surface area contributed by atoms with Crippen molar-refractivity contribution in [2.24, 2.45) is 0 Å². The second kappa shape index (κ2) is 2.69. The van der Waals surface area contributed by atoms with Crippen molar-refractivity contribution in [1.82, 2.24) is 4.98 Å². The third-order valence-corrected chi connectivity index (χ3v) is 1.01. The summed E-state index contributed by atoms with van der Waals surface area (Å²) in [6, 6.07) is -1.48. The van der Waals surface area contributed by atoms with Crippen LogP contribution in [0.3, 0.4) is 0 Å². The summed E-state index contributed by atoms with van der Waals surface area (Å²) >= 11 is 0. The van der Waals surface area contributed by atoms with Crippen LogP contribution in [-0.2, 0) is 0 Å². The second-order valence-corrected chi connectivity index (χ2v) is 1.76. The van der Waals surface area contributed by atoms with Gasteiger partial charge in [0.1, 0.15) is 5.69 Å². The molecular weight excluding hydrogens is 159 g/mol. The highest BCUT2D eigenvalue weighted by molar-refractivity contribution is 5.85. The highest BCUT2D eigenvalue weighted by atomic mass is 19.2. The first-order valence-electron chi connectivity index (χ1n) is 2.62. The minimum Gasteiger partial charge on any atom is -0.254 e. The fourth-order valence-corrected chi connectivity index (χ4v) is 0.522. The van der Waals surface area contributed by atoms with Gasteiger partial charge in [-0.05, 0) is 0 Å². The number of rotatable bonds is 1. The number of carbonyl (C=O) groups excluding carboxylic acids is 1. The van der Waals surface area contributed by atoms with Gasteiger partial charge < -0.3 is 0 Å². The molecule has 0 unspecified atom stereocenters. The maximum Gasteiger partial charge on any atom is 0.350 e. The van der Waals surface area contributed by atoms with Crippen LogP contribution in [0, 0.1) is 11.6 Å². The van der Waals surface area contributed by atoms with Crippen molar-refractivity contribution in [3.63, 3.8) is 0 Å². The topological polar surface area (TPSA) is 30.0 Å². The molecule has 1 aromatic rings. The molecule has 2 nitrogen and oxygen atoms in total. The molecule has 0 amide bonds. The number of nitrogens with zero attached hydrogens (tertiary/aromatic N) is 1. The Balaban J connectivity index is 3.15. The molecule has 1 rings (SSSR count). The average Bonchev–Trinajstić information content (AvgIpc) is 1.94. The predicted octanol–water partition coefficient (Wildman–Crippen LogP) is 1.47. The van der Waals surface area contributed by atoms with E-state index in [9.17, 15) is 18.0 Å². The van der Waals surface area contributed by atoms with Crippen LogP contribution < -0.4 is 0 Å². The van der Waals surface area contributed by atoms with Crippen molar-refractivity contribution in [2.75, 3.05) is 0 Å². The molecule has 1 heterocycles. The first-order valence-corrected chi connectivity index (χ1v) is 2.62. The van der Waals surface area contributed by atoms with Gasteiger partial charge >= 0.3 is 6.04 Å². The largest absolute Gasteiger partial charge is 0.350 e. The average molecular weight is 161 g/mol. The molecule has 1 aromatic heterocycles. The Hall–Kier alpha value is -1.39. The Morgan fingerprint density at radius 3 is 2.45 bits per heavy atom. The zero-order valence-corrected chi connectivity index (χ0v) is 5.14. The lowest BCUT2D eigenvalue weighted by Crippen LogP contribution is -1.97. The molecule has 0 saturated heterocycles. The lowest BCUT2D eigenvalue weighted by atomic mass is 10.3. The van der Waals surface area contributed by atoms with Gasteiger partial charge in [-0.25, -0.2) is 13.8 Å². The molecule has 0 N–H and O–H groups in total. The summed E-state index contributed by atoms with van der Waals surface area (Å²) in [5.41, 5.74) is -0.733. The van der Waals surface area contributed by atoms with E-state index in [0.29, 0.717) is 12.3 Å². The van der Waals surface area contributed by atoms with E-state index in [1.807, 2.05) is 0 Å². The van der Waals surface area contributed by atoms with E-state index in [1.165, 1.54) is 0 Å². The molecular formula is C6H2F3NO. The van der Waals surface area contributed by atoms with E-state index >= 15 is 0 Å². The zero-order valence-electron chi connectivity index (χ0n) is 5.14. The summed E-state index contributed by atoms with van der Waals surface area (Å²) in [5.74, 6) is -2.50. The number of carbonyl (C=O) groups is 1. The van der Waals surface area contributed by atoms with Crippen molar-refractivity contribution in [2.45, 2.75) is 0 Å². The van der Waals surface area contributed by atoms with Gasteiger partial charge in [0.05, 0.1) is 6.20 Å². The van der Waals surface area contributed by atoms with Crippen LogP contribution in [0.5, 0.6) is 0 Å². The quantitative estimate of drug-likeness (QED) is 0.583. The maximum atomic E-state index is 12.2. The number of pyridine rings is 1. The smallest absolute Gasteiger partial charge is 0.254 e. The van der Waals surface area contributed by atoms with Crippen molar-refractivity contribution < 1.29 is 18.0 Å². The van der Waals surface area contributed by atoms with Crippen molar-refractivity contribution in [3.05, 3.63) is 29.6 Å². The molecule has 0 saturated carbocycles. The van der Waals surface area contributed by atoms with Crippen LogP contribution in [-0.4, -0.2) is 11.0 Å². The van der Waals surface area contributed by atoms with Gasteiger partial charge in [-0.15, -0.1) is 0 Å². The molecule has 0 aliphatic carbocycles. The van der Waals surface area contributed by atoms with Gasteiger partial charge in [-0.2, -0.15) is 4.39 Å². The molecule has 11 heavy (non-hydrogen) atoms. The van der Waals surface area contributed by atoms with Crippen molar-refractivity contribution in [3.8, 4) is 0 Å². The number of aromatic nitrogens is 1. The molecule has 0 fully saturated rings. The molecule has 0 radical (unpaired) electrons. The second-order valence-electron chi connectivity index (χ2n) is 1.76. The molecule has 0 aliphatic rings. The summed E-state index contributed by atoms with van der Waals surface area (Å²) < 4.78 is 36.1. The Bertz CT molecular complexity index is 300. The number of halogens is 3. The maximum absolute atomic E-state index is 12.2. The Morgan fingerprint density at radius 1 is 1.36 bits per heavy atom. The first kappa shape index (κ1) is 7.71. The predicted molar refractivity (Wildman–Crippen MR) is 29.6 cm³/mol. The molecule has 0 aliphatic heterocycles. The monoisotopic (exact) mass is 161 g/mol. The third kappa shape index (κ3) is 1.54. The normalized spacial score (nSPS) is 9.73. The van der Waals surface area contributed by atoms with Crippen molar-refractivity contribution in [1.29, 1.82) is 0 Å². The summed E-state index contributed by atoms with van der Waals surface area (Å²) in [4.78, 5) is 12.9. The van der Waals surface area contributed by atoms with Gasteiger partial charge in [0.15, 0.2) is 11.6 Å². The Kier molecular flexibility index (Phi) is 1.89. The van der Waals surface area contributed by atoms with E-state index in [1.54, 1.807) is 0 Å². The molecule has 0 spiro atoms. The van der Waals surface area contributed by atoms with E-state index in [2.05, 4.69) is 4.98 Å². The van der Waals surface area contributed by atoms with Crippen molar-refractivity contribution >= 4 is 6.04 Å². The van der Waals surface area contributed by atoms with Crippen LogP contribution in [0.2, 0.25) is 0 Å². The highest BCUT2D eigenvalue weighted by Gasteiger charge is 2.09. The van der Waals surface area contributed by atoms with E-state index in [-0.39, 0.29) is 0 Å².